The number of fused-ring (bicyclic) bond motifs is 2. The summed E-state index contributed by atoms with van der Waals surface area (Å²) in [5, 5.41) is 8.55. The summed E-state index contributed by atoms with van der Waals surface area (Å²) in [5.74, 6) is 2.03. The van der Waals surface area contributed by atoms with Gasteiger partial charge < -0.3 is 10.1 Å². The van der Waals surface area contributed by atoms with Gasteiger partial charge in [-0.15, -0.1) is 0 Å². The standard InChI is InChI=1S/C23H30N4O/c1-6-16(7-2)25-22-18-9-8-10-20(18)26-23-19(13-24-27(22)23)21-14(3)11-17(28-5)12-15(21)4/h11-13,16,25H,6-10H2,1-5H3. The lowest BCUT2D eigenvalue weighted by Gasteiger charge is -2.20. The Morgan fingerprint density at radius 1 is 1.14 bits per heavy atom. The molecule has 0 fully saturated rings. The summed E-state index contributed by atoms with van der Waals surface area (Å²) in [7, 11) is 1.71. The van der Waals surface area contributed by atoms with Crippen molar-refractivity contribution < 1.29 is 4.74 Å². The molecule has 1 N–H and O–H groups in total. The normalized spacial score (nSPS) is 13.4. The molecule has 0 unspecified atom stereocenters. The van der Waals surface area contributed by atoms with Gasteiger partial charge >= 0.3 is 0 Å². The van der Waals surface area contributed by atoms with Gasteiger partial charge in [0, 0.05) is 22.9 Å². The van der Waals surface area contributed by atoms with Gasteiger partial charge in [-0.1, -0.05) is 13.8 Å². The van der Waals surface area contributed by atoms with Crippen molar-refractivity contribution in [2.45, 2.75) is 65.8 Å². The van der Waals surface area contributed by atoms with E-state index in [1.807, 2.05) is 10.7 Å². The molecule has 0 aliphatic heterocycles. The molecule has 0 spiro atoms. The Kier molecular flexibility index (Phi) is 5.00. The average molecular weight is 379 g/mol. The molecule has 1 aromatic carbocycles. The van der Waals surface area contributed by atoms with E-state index in [1.54, 1.807) is 7.11 Å². The highest BCUT2D eigenvalue weighted by molar-refractivity contribution is 5.83. The van der Waals surface area contributed by atoms with Crippen LogP contribution in [0.25, 0.3) is 16.8 Å². The van der Waals surface area contributed by atoms with Gasteiger partial charge in [-0.2, -0.15) is 9.61 Å². The molecule has 5 heteroatoms. The van der Waals surface area contributed by atoms with Crippen LogP contribution in [-0.2, 0) is 12.8 Å². The second kappa shape index (κ2) is 7.46. The highest BCUT2D eigenvalue weighted by atomic mass is 16.5. The lowest BCUT2D eigenvalue weighted by molar-refractivity contribution is 0.414. The predicted molar refractivity (Wildman–Crippen MR) is 114 cm³/mol. The van der Waals surface area contributed by atoms with E-state index in [0.717, 1.165) is 48.5 Å². The van der Waals surface area contributed by atoms with E-state index >= 15 is 0 Å². The highest BCUT2D eigenvalue weighted by Gasteiger charge is 2.24. The molecule has 2 heterocycles. The number of hydrogen-bond acceptors (Lipinski definition) is 4. The quantitative estimate of drug-likeness (QED) is 0.647. The summed E-state index contributed by atoms with van der Waals surface area (Å²) in [6.07, 6.45) is 7.46. The fourth-order valence-electron chi connectivity index (χ4n) is 4.45. The first-order valence-corrected chi connectivity index (χ1v) is 10.4. The van der Waals surface area contributed by atoms with Gasteiger partial charge in [0.25, 0.3) is 0 Å². The zero-order chi connectivity index (χ0) is 19.8. The third-order valence-electron chi connectivity index (χ3n) is 6.01. The smallest absolute Gasteiger partial charge is 0.165 e. The molecule has 148 valence electrons. The molecule has 0 saturated carbocycles. The second-order valence-electron chi connectivity index (χ2n) is 7.83. The van der Waals surface area contributed by atoms with Crippen molar-refractivity contribution in [2.24, 2.45) is 0 Å². The topological polar surface area (TPSA) is 51.5 Å². The Morgan fingerprint density at radius 2 is 1.86 bits per heavy atom. The minimum absolute atomic E-state index is 0.451. The summed E-state index contributed by atoms with van der Waals surface area (Å²) in [5.41, 5.74) is 8.19. The molecule has 0 amide bonds. The van der Waals surface area contributed by atoms with Gasteiger partial charge in [0.05, 0.1) is 13.3 Å². The van der Waals surface area contributed by atoms with E-state index < -0.39 is 0 Å². The van der Waals surface area contributed by atoms with E-state index in [2.05, 4.69) is 45.1 Å². The molecule has 0 atom stereocenters. The van der Waals surface area contributed by atoms with E-state index in [0.29, 0.717) is 6.04 Å². The summed E-state index contributed by atoms with van der Waals surface area (Å²) in [6.45, 7) is 8.73. The van der Waals surface area contributed by atoms with Gasteiger partial charge in [-0.05, 0) is 74.8 Å². The summed E-state index contributed by atoms with van der Waals surface area (Å²) in [6, 6.07) is 4.62. The monoisotopic (exact) mass is 378 g/mol. The molecular weight excluding hydrogens is 348 g/mol. The van der Waals surface area contributed by atoms with Crippen LogP contribution in [0, 0.1) is 13.8 Å². The molecule has 3 aromatic rings. The maximum absolute atomic E-state index is 5.44. The van der Waals surface area contributed by atoms with Crippen molar-refractivity contribution in [3.05, 3.63) is 40.7 Å². The van der Waals surface area contributed by atoms with Gasteiger partial charge in [0.1, 0.15) is 11.6 Å². The van der Waals surface area contributed by atoms with Gasteiger partial charge in [-0.25, -0.2) is 4.98 Å². The van der Waals surface area contributed by atoms with Crippen LogP contribution in [-0.4, -0.2) is 27.7 Å². The number of aryl methyl sites for hydroxylation is 3. The first kappa shape index (κ1) is 18.8. The number of anilines is 1. The zero-order valence-electron chi connectivity index (χ0n) is 17.6. The molecule has 1 aliphatic carbocycles. The molecule has 0 saturated heterocycles. The van der Waals surface area contributed by atoms with Crippen molar-refractivity contribution in [3.8, 4) is 16.9 Å². The molecule has 4 rings (SSSR count). The third kappa shape index (κ3) is 3.03. The second-order valence-corrected chi connectivity index (χ2v) is 7.83. The molecular formula is C23H30N4O. The number of ether oxygens (including phenoxy) is 1. The van der Waals surface area contributed by atoms with E-state index in [1.165, 1.54) is 34.4 Å². The van der Waals surface area contributed by atoms with E-state index in [4.69, 9.17) is 14.8 Å². The first-order chi connectivity index (χ1) is 13.6. The molecule has 0 radical (unpaired) electrons. The number of benzene rings is 1. The van der Waals surface area contributed by atoms with Crippen molar-refractivity contribution >= 4 is 11.5 Å². The summed E-state index contributed by atoms with van der Waals surface area (Å²) in [4.78, 5) is 5.07. The third-order valence-corrected chi connectivity index (χ3v) is 6.01. The van der Waals surface area contributed by atoms with Crippen LogP contribution in [0.4, 0.5) is 5.82 Å². The fourth-order valence-corrected chi connectivity index (χ4v) is 4.45. The Morgan fingerprint density at radius 3 is 2.50 bits per heavy atom. The van der Waals surface area contributed by atoms with Crippen molar-refractivity contribution in [3.63, 3.8) is 0 Å². The Balaban J connectivity index is 1.92. The van der Waals surface area contributed by atoms with Gasteiger partial charge in [0.15, 0.2) is 5.65 Å². The minimum Gasteiger partial charge on any atom is -0.497 e. The van der Waals surface area contributed by atoms with Crippen LogP contribution >= 0.6 is 0 Å². The lowest BCUT2D eigenvalue weighted by atomic mass is 9.97. The molecule has 2 aromatic heterocycles. The minimum atomic E-state index is 0.451. The number of nitrogens with zero attached hydrogens (tertiary/aromatic N) is 3. The van der Waals surface area contributed by atoms with Crippen LogP contribution in [0.2, 0.25) is 0 Å². The highest BCUT2D eigenvalue weighted by Crippen LogP contribution is 2.36. The fraction of sp³-hybridized carbons (Fsp3) is 0.478. The largest absolute Gasteiger partial charge is 0.497 e. The van der Waals surface area contributed by atoms with Crippen LogP contribution < -0.4 is 10.1 Å². The number of aromatic nitrogens is 3. The maximum atomic E-state index is 5.44. The van der Waals surface area contributed by atoms with E-state index in [9.17, 15) is 0 Å². The number of nitrogens with one attached hydrogen (secondary N) is 1. The lowest BCUT2D eigenvalue weighted by Crippen LogP contribution is -2.21. The zero-order valence-corrected chi connectivity index (χ0v) is 17.6. The maximum Gasteiger partial charge on any atom is 0.165 e. The summed E-state index contributed by atoms with van der Waals surface area (Å²) < 4.78 is 7.47. The Labute approximate surface area is 167 Å². The van der Waals surface area contributed by atoms with Crippen molar-refractivity contribution in [1.82, 2.24) is 14.6 Å². The molecule has 28 heavy (non-hydrogen) atoms. The average Bonchev–Trinajstić information content (AvgIpc) is 3.32. The Bertz CT molecular complexity index is 994. The SMILES string of the molecule is CCC(CC)Nc1c2c(nc3c(-c4c(C)cc(OC)cc4C)cnn13)CCC2. The van der Waals surface area contributed by atoms with Gasteiger partial charge in [-0.3, -0.25) is 0 Å². The van der Waals surface area contributed by atoms with Crippen LogP contribution in [0.5, 0.6) is 5.75 Å². The summed E-state index contributed by atoms with van der Waals surface area (Å²) >= 11 is 0. The van der Waals surface area contributed by atoms with Crippen LogP contribution in [0.3, 0.4) is 0 Å². The van der Waals surface area contributed by atoms with Crippen LogP contribution in [0.1, 0.15) is 55.5 Å². The number of hydrogen-bond donors (Lipinski definition) is 1. The van der Waals surface area contributed by atoms with Crippen LogP contribution in [0.15, 0.2) is 18.3 Å². The first-order valence-electron chi connectivity index (χ1n) is 10.4. The predicted octanol–water partition coefficient (Wildman–Crippen LogP) is 5.11. The Hall–Kier alpha value is -2.56. The molecule has 1 aliphatic rings. The van der Waals surface area contributed by atoms with Crippen molar-refractivity contribution in [2.75, 3.05) is 12.4 Å². The number of rotatable bonds is 6. The number of methoxy groups -OCH3 is 1. The molecule has 0 bridgehead atoms. The van der Waals surface area contributed by atoms with Gasteiger partial charge in [0.2, 0.25) is 0 Å². The van der Waals surface area contributed by atoms with Crippen molar-refractivity contribution in [1.29, 1.82) is 0 Å². The molecule has 5 nitrogen and oxygen atoms in total. The van der Waals surface area contributed by atoms with E-state index in [-0.39, 0.29) is 0 Å².